The van der Waals surface area contributed by atoms with Crippen molar-refractivity contribution in [3.8, 4) is 0 Å². The standard InChI is InChI=1S/C14H26N2O4/c1-9(2)5-4-6-10(3)15-14(20)16-8-11(17)7-12(16)13(18)19/h9-12,17H,4-8H2,1-3H3,(H,15,20)(H,18,19)/t10?,11-,12-/m0/s1. The van der Waals surface area contributed by atoms with Gasteiger partial charge >= 0.3 is 12.0 Å². The molecule has 0 aromatic rings. The van der Waals surface area contributed by atoms with Crippen LogP contribution in [-0.2, 0) is 4.79 Å². The fraction of sp³-hybridized carbons (Fsp3) is 0.857. The van der Waals surface area contributed by atoms with Gasteiger partial charge < -0.3 is 20.4 Å². The van der Waals surface area contributed by atoms with E-state index >= 15 is 0 Å². The van der Waals surface area contributed by atoms with Gasteiger partial charge in [-0.15, -0.1) is 0 Å². The summed E-state index contributed by atoms with van der Waals surface area (Å²) in [5.41, 5.74) is 0. The molecule has 1 unspecified atom stereocenters. The summed E-state index contributed by atoms with van der Waals surface area (Å²) in [4.78, 5) is 24.3. The second-order valence-corrected chi connectivity index (χ2v) is 6.07. The van der Waals surface area contributed by atoms with Crippen molar-refractivity contribution in [3.63, 3.8) is 0 Å². The van der Waals surface area contributed by atoms with Crippen molar-refractivity contribution >= 4 is 12.0 Å². The molecule has 1 aliphatic rings. The number of hydrogen-bond acceptors (Lipinski definition) is 3. The highest BCUT2D eigenvalue weighted by Gasteiger charge is 2.39. The van der Waals surface area contributed by atoms with Crippen molar-refractivity contribution in [2.24, 2.45) is 5.92 Å². The summed E-state index contributed by atoms with van der Waals surface area (Å²) in [5, 5.41) is 21.4. The van der Waals surface area contributed by atoms with Crippen LogP contribution in [0.15, 0.2) is 0 Å². The molecule has 0 bridgehead atoms. The van der Waals surface area contributed by atoms with Gasteiger partial charge in [0.1, 0.15) is 6.04 Å². The highest BCUT2D eigenvalue weighted by molar-refractivity contribution is 5.83. The van der Waals surface area contributed by atoms with E-state index in [0.29, 0.717) is 5.92 Å². The number of aliphatic carboxylic acids is 1. The van der Waals surface area contributed by atoms with Crippen molar-refractivity contribution in [2.75, 3.05) is 6.54 Å². The van der Waals surface area contributed by atoms with Gasteiger partial charge in [-0.2, -0.15) is 0 Å². The Morgan fingerprint density at radius 3 is 2.50 bits per heavy atom. The number of rotatable bonds is 6. The van der Waals surface area contributed by atoms with E-state index in [9.17, 15) is 14.7 Å². The smallest absolute Gasteiger partial charge is 0.326 e. The maximum absolute atomic E-state index is 12.1. The first-order chi connectivity index (χ1) is 9.31. The first-order valence-corrected chi connectivity index (χ1v) is 7.29. The minimum atomic E-state index is -1.07. The summed E-state index contributed by atoms with van der Waals surface area (Å²) in [6.45, 7) is 6.32. The number of urea groups is 1. The lowest BCUT2D eigenvalue weighted by atomic mass is 10.0. The third-order valence-electron chi connectivity index (χ3n) is 3.61. The number of amides is 2. The summed E-state index contributed by atoms with van der Waals surface area (Å²) in [6.07, 6.45) is 2.37. The summed E-state index contributed by atoms with van der Waals surface area (Å²) in [5.74, 6) is -0.424. The fourth-order valence-electron chi connectivity index (χ4n) is 2.47. The molecule has 6 heteroatoms. The topological polar surface area (TPSA) is 89.9 Å². The third-order valence-corrected chi connectivity index (χ3v) is 3.61. The van der Waals surface area contributed by atoms with Crippen LogP contribution in [0.2, 0.25) is 0 Å². The van der Waals surface area contributed by atoms with Crippen LogP contribution in [0.25, 0.3) is 0 Å². The molecule has 1 heterocycles. The van der Waals surface area contributed by atoms with Gasteiger partial charge in [0, 0.05) is 19.0 Å². The Balaban J connectivity index is 2.43. The number of nitrogens with zero attached hydrogens (tertiary/aromatic N) is 1. The molecule has 0 radical (unpaired) electrons. The largest absolute Gasteiger partial charge is 0.480 e. The van der Waals surface area contributed by atoms with Gasteiger partial charge in [0.25, 0.3) is 0 Å². The Bertz CT molecular complexity index is 346. The summed E-state index contributed by atoms with van der Waals surface area (Å²) in [7, 11) is 0. The molecule has 0 aromatic carbocycles. The molecule has 1 saturated heterocycles. The van der Waals surface area contributed by atoms with E-state index in [1.807, 2.05) is 6.92 Å². The number of carboxylic acid groups (broad SMARTS) is 1. The molecule has 1 rings (SSSR count). The molecule has 0 aromatic heterocycles. The number of carbonyl (C=O) groups excluding carboxylic acids is 1. The Kier molecular flexibility index (Phi) is 6.26. The van der Waals surface area contributed by atoms with E-state index in [4.69, 9.17) is 5.11 Å². The van der Waals surface area contributed by atoms with E-state index in [1.54, 1.807) is 0 Å². The zero-order valence-electron chi connectivity index (χ0n) is 12.5. The lowest BCUT2D eigenvalue weighted by molar-refractivity contribution is -0.141. The molecule has 20 heavy (non-hydrogen) atoms. The van der Waals surface area contributed by atoms with Gasteiger partial charge in [-0.1, -0.05) is 26.7 Å². The maximum atomic E-state index is 12.1. The first kappa shape index (κ1) is 16.8. The first-order valence-electron chi connectivity index (χ1n) is 7.29. The molecule has 0 saturated carbocycles. The third kappa shape index (κ3) is 5.00. The number of hydrogen-bond donors (Lipinski definition) is 3. The van der Waals surface area contributed by atoms with Gasteiger partial charge in [0.15, 0.2) is 0 Å². The van der Waals surface area contributed by atoms with Crippen LogP contribution in [0.5, 0.6) is 0 Å². The van der Waals surface area contributed by atoms with Crippen molar-refractivity contribution in [1.29, 1.82) is 0 Å². The minimum Gasteiger partial charge on any atom is -0.480 e. The van der Waals surface area contributed by atoms with Crippen molar-refractivity contribution in [2.45, 2.75) is 64.6 Å². The molecule has 1 aliphatic heterocycles. The molecule has 0 spiro atoms. The monoisotopic (exact) mass is 286 g/mol. The van der Waals surface area contributed by atoms with E-state index in [1.165, 1.54) is 4.90 Å². The Morgan fingerprint density at radius 2 is 1.95 bits per heavy atom. The summed E-state index contributed by atoms with van der Waals surface area (Å²) >= 11 is 0. The Hall–Kier alpha value is -1.30. The van der Waals surface area contributed by atoms with Crippen molar-refractivity contribution < 1.29 is 19.8 Å². The second kappa shape index (κ2) is 7.47. The van der Waals surface area contributed by atoms with Crippen molar-refractivity contribution in [1.82, 2.24) is 10.2 Å². The van der Waals surface area contributed by atoms with Crippen LogP contribution < -0.4 is 5.32 Å². The highest BCUT2D eigenvalue weighted by atomic mass is 16.4. The number of carboxylic acids is 1. The van der Waals surface area contributed by atoms with E-state index in [-0.39, 0.29) is 19.0 Å². The quantitative estimate of drug-likeness (QED) is 0.689. The highest BCUT2D eigenvalue weighted by Crippen LogP contribution is 2.18. The number of aliphatic hydroxyl groups is 1. The van der Waals surface area contributed by atoms with Gasteiger partial charge in [0.05, 0.1) is 6.10 Å². The molecule has 0 aliphatic carbocycles. The normalized spacial score (nSPS) is 23.9. The van der Waals surface area contributed by atoms with Gasteiger partial charge in [-0.05, 0) is 19.3 Å². The summed E-state index contributed by atoms with van der Waals surface area (Å²) < 4.78 is 0. The van der Waals surface area contributed by atoms with Crippen LogP contribution in [-0.4, -0.2) is 51.8 Å². The van der Waals surface area contributed by atoms with Gasteiger partial charge in [-0.3, -0.25) is 0 Å². The number of likely N-dealkylation sites (tertiary alicyclic amines) is 1. The molecular formula is C14H26N2O4. The molecule has 6 nitrogen and oxygen atoms in total. The second-order valence-electron chi connectivity index (χ2n) is 6.07. The Labute approximate surface area is 120 Å². The molecule has 3 atom stereocenters. The lowest BCUT2D eigenvalue weighted by Crippen LogP contribution is -2.48. The zero-order valence-corrected chi connectivity index (χ0v) is 12.5. The minimum absolute atomic E-state index is 0.00781. The number of aliphatic hydroxyl groups excluding tert-OH is 1. The van der Waals surface area contributed by atoms with Crippen LogP contribution in [0.4, 0.5) is 4.79 Å². The number of nitrogens with one attached hydrogen (secondary N) is 1. The van der Waals surface area contributed by atoms with Crippen LogP contribution >= 0.6 is 0 Å². The fourth-order valence-corrected chi connectivity index (χ4v) is 2.47. The lowest BCUT2D eigenvalue weighted by Gasteiger charge is -2.24. The van der Waals surface area contributed by atoms with E-state index < -0.39 is 24.1 Å². The van der Waals surface area contributed by atoms with Gasteiger partial charge in [0.2, 0.25) is 0 Å². The predicted octanol–water partition coefficient (Wildman–Crippen LogP) is 1.43. The molecule has 116 valence electrons. The maximum Gasteiger partial charge on any atom is 0.326 e. The number of β-amino-alcohol motifs (C(OH)–C–C–N with tert-alkyl or cyclic N) is 1. The average Bonchev–Trinajstić information content (AvgIpc) is 2.71. The average molecular weight is 286 g/mol. The Morgan fingerprint density at radius 1 is 1.30 bits per heavy atom. The SMILES string of the molecule is CC(C)CCCC(C)NC(=O)N1C[C@@H](O)C[C@H]1C(=O)O. The van der Waals surface area contributed by atoms with Crippen LogP contribution in [0, 0.1) is 5.92 Å². The molecular weight excluding hydrogens is 260 g/mol. The summed E-state index contributed by atoms with van der Waals surface area (Å²) in [6, 6.07) is -1.31. The van der Waals surface area contributed by atoms with E-state index in [0.717, 1.165) is 19.3 Å². The zero-order chi connectivity index (χ0) is 15.3. The van der Waals surface area contributed by atoms with E-state index in [2.05, 4.69) is 19.2 Å². The molecule has 3 N–H and O–H groups in total. The van der Waals surface area contributed by atoms with Crippen molar-refractivity contribution in [3.05, 3.63) is 0 Å². The van der Waals surface area contributed by atoms with Gasteiger partial charge in [-0.25, -0.2) is 9.59 Å². The molecule has 2 amide bonds. The molecule has 1 fully saturated rings. The predicted molar refractivity (Wildman–Crippen MR) is 75.4 cm³/mol. The van der Waals surface area contributed by atoms with Crippen LogP contribution in [0.3, 0.4) is 0 Å². The number of carbonyl (C=O) groups is 2. The van der Waals surface area contributed by atoms with Crippen LogP contribution in [0.1, 0.15) is 46.5 Å².